The molecule has 2 aromatic heterocycles. The summed E-state index contributed by atoms with van der Waals surface area (Å²) in [4.78, 5) is 8.78. The number of benzene rings is 2. The van der Waals surface area contributed by atoms with Crippen LogP contribution in [0.4, 0.5) is 0 Å². The predicted octanol–water partition coefficient (Wildman–Crippen LogP) is 6.11. The summed E-state index contributed by atoms with van der Waals surface area (Å²) in [6.45, 7) is 13.9. The summed E-state index contributed by atoms with van der Waals surface area (Å²) >= 11 is 0. The molecule has 0 aliphatic heterocycles. The van der Waals surface area contributed by atoms with Crippen molar-refractivity contribution in [1.82, 2.24) is 14.5 Å². The second-order valence-electron chi connectivity index (χ2n) is 11.0. The van der Waals surface area contributed by atoms with Gasteiger partial charge in [-0.15, -0.1) is 12.4 Å². The molecule has 7 nitrogen and oxygen atoms in total. The van der Waals surface area contributed by atoms with Crippen molar-refractivity contribution >= 4 is 12.4 Å². The van der Waals surface area contributed by atoms with Crippen LogP contribution in [0.25, 0.3) is 11.5 Å². The van der Waals surface area contributed by atoms with E-state index in [4.69, 9.17) is 14.1 Å². The van der Waals surface area contributed by atoms with E-state index in [2.05, 4.69) is 58.7 Å². The summed E-state index contributed by atoms with van der Waals surface area (Å²) in [6, 6.07) is 12.1. The molecule has 0 fully saturated rings. The number of hydrogen-bond acceptors (Lipinski definition) is 5. The maximum atomic E-state index is 11.0. The molecule has 0 amide bonds. The van der Waals surface area contributed by atoms with E-state index in [0.29, 0.717) is 24.7 Å². The first-order valence-corrected chi connectivity index (χ1v) is 12.0. The Labute approximate surface area is 225 Å². The average molecular weight is 528 g/mol. The minimum atomic E-state index is -0.211. The smallest absolute Gasteiger partial charge is 0.226 e. The van der Waals surface area contributed by atoms with Crippen LogP contribution in [0, 0.1) is 0 Å². The average Bonchev–Trinajstić information content (AvgIpc) is 3.46. The molecule has 200 valence electrons. The van der Waals surface area contributed by atoms with Gasteiger partial charge < -0.3 is 24.3 Å². The number of hydrogen-bond donors (Lipinski definition) is 1. The zero-order valence-corrected chi connectivity index (χ0v) is 23.2. The van der Waals surface area contributed by atoms with Crippen molar-refractivity contribution in [2.75, 3.05) is 6.61 Å². The molecule has 3 N–H and O–H groups in total. The van der Waals surface area contributed by atoms with Gasteiger partial charge in [0.2, 0.25) is 5.89 Å². The van der Waals surface area contributed by atoms with Crippen LogP contribution in [0.15, 0.2) is 65.8 Å². The summed E-state index contributed by atoms with van der Waals surface area (Å²) in [6.07, 6.45) is 7.86. The van der Waals surface area contributed by atoms with E-state index >= 15 is 0 Å². The SMILES string of the molecule is CC(C)(C)c1cc(-c2nc(CCOc3ccc(Cn4ccnc4)cc3)co2)cc(C(C)(C)C)c1O.Cl.O. The third kappa shape index (κ3) is 7.37. The number of imidazole rings is 1. The molecule has 37 heavy (non-hydrogen) atoms. The number of halogens is 1. The van der Waals surface area contributed by atoms with Crippen molar-refractivity contribution in [2.24, 2.45) is 0 Å². The number of phenols is 1. The maximum absolute atomic E-state index is 11.0. The lowest BCUT2D eigenvalue weighted by atomic mass is 9.78. The van der Waals surface area contributed by atoms with Crippen LogP contribution in [0.1, 0.15) is 63.9 Å². The highest BCUT2D eigenvalue weighted by molar-refractivity contribution is 5.85. The zero-order chi connectivity index (χ0) is 25.2. The second-order valence-corrected chi connectivity index (χ2v) is 11.0. The van der Waals surface area contributed by atoms with Crippen LogP contribution in [0.2, 0.25) is 0 Å². The molecule has 2 heterocycles. The third-order valence-electron chi connectivity index (χ3n) is 6.00. The summed E-state index contributed by atoms with van der Waals surface area (Å²) < 4.78 is 13.8. The standard InChI is InChI=1S/C29H35N3O3.ClH.H2O/c1-28(2,3)24-15-21(16-25(26(24)33)29(4,5)6)27-31-22(18-35-27)11-14-34-23-9-7-20(8-10-23)17-32-13-12-30-19-32;;/h7-10,12-13,15-16,18-19,33H,11,14,17H2,1-6H3;1H;1H2. The molecule has 0 saturated heterocycles. The Balaban J connectivity index is 0.00000241. The molecule has 8 heteroatoms. The van der Waals surface area contributed by atoms with Crippen LogP contribution in [0.5, 0.6) is 11.5 Å². The first-order valence-electron chi connectivity index (χ1n) is 12.0. The highest BCUT2D eigenvalue weighted by atomic mass is 35.5. The van der Waals surface area contributed by atoms with Gasteiger partial charge in [-0.2, -0.15) is 0 Å². The third-order valence-corrected chi connectivity index (χ3v) is 6.00. The monoisotopic (exact) mass is 527 g/mol. The van der Waals surface area contributed by atoms with Crippen molar-refractivity contribution in [3.8, 4) is 23.0 Å². The minimum Gasteiger partial charge on any atom is -0.507 e. The van der Waals surface area contributed by atoms with Crippen LogP contribution in [0.3, 0.4) is 0 Å². The molecule has 0 aliphatic carbocycles. The molecule has 0 unspecified atom stereocenters. The topological polar surface area (TPSA) is 105 Å². The Bertz CT molecular complexity index is 1230. The van der Waals surface area contributed by atoms with Gasteiger partial charge in [-0.1, -0.05) is 53.7 Å². The van der Waals surface area contributed by atoms with Crippen molar-refractivity contribution < 1.29 is 19.7 Å². The Morgan fingerprint density at radius 2 is 1.59 bits per heavy atom. The number of rotatable bonds is 7. The lowest BCUT2D eigenvalue weighted by Gasteiger charge is -2.27. The minimum absolute atomic E-state index is 0. The molecular formula is C29H38ClN3O4. The first kappa shape index (κ1) is 29.9. The lowest BCUT2D eigenvalue weighted by Crippen LogP contribution is -2.17. The van der Waals surface area contributed by atoms with Gasteiger partial charge in [0.1, 0.15) is 17.8 Å². The molecule has 0 atom stereocenters. The fraction of sp³-hybridized carbons (Fsp3) is 0.379. The largest absolute Gasteiger partial charge is 0.507 e. The number of oxazole rings is 1. The van der Waals surface area contributed by atoms with Crippen LogP contribution in [-0.2, 0) is 23.8 Å². The zero-order valence-electron chi connectivity index (χ0n) is 22.4. The molecule has 0 aliphatic rings. The lowest BCUT2D eigenvalue weighted by molar-refractivity contribution is 0.320. The van der Waals surface area contributed by atoms with Gasteiger partial charge in [-0.05, 0) is 40.7 Å². The second kappa shape index (κ2) is 11.8. The van der Waals surface area contributed by atoms with Gasteiger partial charge in [0.25, 0.3) is 0 Å². The Morgan fingerprint density at radius 3 is 2.14 bits per heavy atom. The van der Waals surface area contributed by atoms with Gasteiger partial charge in [0.15, 0.2) is 0 Å². The van der Waals surface area contributed by atoms with Crippen molar-refractivity contribution in [3.05, 3.63) is 83.8 Å². The van der Waals surface area contributed by atoms with Crippen molar-refractivity contribution in [1.29, 1.82) is 0 Å². The van der Waals surface area contributed by atoms with E-state index in [9.17, 15) is 5.11 Å². The van der Waals surface area contributed by atoms with Crippen LogP contribution in [-0.4, -0.2) is 31.7 Å². The van der Waals surface area contributed by atoms with Gasteiger partial charge in [-0.3, -0.25) is 0 Å². The van der Waals surface area contributed by atoms with E-state index in [-0.39, 0.29) is 28.7 Å². The summed E-state index contributed by atoms with van der Waals surface area (Å²) in [5.74, 6) is 1.73. The predicted molar refractivity (Wildman–Crippen MR) is 149 cm³/mol. The molecule has 2 aromatic carbocycles. The molecule has 4 rings (SSSR count). The highest BCUT2D eigenvalue weighted by Gasteiger charge is 2.27. The molecule has 4 aromatic rings. The number of aromatic hydroxyl groups is 1. The van der Waals surface area contributed by atoms with Crippen LogP contribution < -0.4 is 4.74 Å². The fourth-order valence-electron chi connectivity index (χ4n) is 4.01. The fourth-order valence-corrected chi connectivity index (χ4v) is 4.01. The van der Waals surface area contributed by atoms with Gasteiger partial charge in [0, 0.05) is 42.0 Å². The van der Waals surface area contributed by atoms with Gasteiger partial charge in [0.05, 0.1) is 18.6 Å². The molecule has 0 bridgehead atoms. The summed E-state index contributed by atoms with van der Waals surface area (Å²) in [5, 5.41) is 11.0. The number of phenolic OH excluding ortho intramolecular Hbond substituents is 1. The van der Waals surface area contributed by atoms with Crippen molar-refractivity contribution in [3.63, 3.8) is 0 Å². The number of ether oxygens (including phenoxy) is 1. The number of nitrogens with zero attached hydrogens (tertiary/aromatic N) is 3. The van der Waals surface area contributed by atoms with Crippen LogP contribution >= 0.6 is 12.4 Å². The molecule has 0 spiro atoms. The maximum Gasteiger partial charge on any atom is 0.226 e. The highest BCUT2D eigenvalue weighted by Crippen LogP contribution is 2.41. The van der Waals surface area contributed by atoms with E-state index in [1.807, 2.05) is 41.4 Å². The van der Waals surface area contributed by atoms with E-state index in [0.717, 1.165) is 34.7 Å². The van der Waals surface area contributed by atoms with Gasteiger partial charge in [-0.25, -0.2) is 9.97 Å². The summed E-state index contributed by atoms with van der Waals surface area (Å²) in [7, 11) is 0. The van der Waals surface area contributed by atoms with E-state index < -0.39 is 0 Å². The normalized spacial score (nSPS) is 11.5. The molecule has 0 radical (unpaired) electrons. The summed E-state index contributed by atoms with van der Waals surface area (Å²) in [5.41, 5.74) is 4.25. The van der Waals surface area contributed by atoms with Crippen molar-refractivity contribution in [2.45, 2.75) is 65.3 Å². The Hall–Kier alpha value is -3.29. The first-order chi connectivity index (χ1) is 16.5. The van der Waals surface area contributed by atoms with Gasteiger partial charge >= 0.3 is 0 Å². The quantitative estimate of drug-likeness (QED) is 0.312. The Morgan fingerprint density at radius 1 is 0.973 bits per heavy atom. The molecular weight excluding hydrogens is 490 g/mol. The van der Waals surface area contributed by atoms with E-state index in [1.54, 1.807) is 12.5 Å². The van der Waals surface area contributed by atoms with E-state index in [1.165, 1.54) is 5.56 Å². The molecule has 0 saturated carbocycles. The number of aromatic nitrogens is 3. The Kier molecular flexibility index (Phi) is 9.58.